The fourth-order valence-corrected chi connectivity index (χ4v) is 3.74. The van der Waals surface area contributed by atoms with Crippen LogP contribution < -0.4 is 14.2 Å². The van der Waals surface area contributed by atoms with E-state index in [1.54, 1.807) is 24.3 Å². The van der Waals surface area contributed by atoms with Gasteiger partial charge in [-0.2, -0.15) is 0 Å². The maximum absolute atomic E-state index is 11.7. The monoisotopic (exact) mass is 370 g/mol. The van der Waals surface area contributed by atoms with Gasteiger partial charge in [-0.3, -0.25) is 4.79 Å². The van der Waals surface area contributed by atoms with Crippen molar-refractivity contribution in [3.63, 3.8) is 0 Å². The normalized spacial score (nSPS) is 29.7. The molecule has 0 N–H and O–H groups in total. The summed E-state index contributed by atoms with van der Waals surface area (Å²) in [6, 6.07) is 10.7. The summed E-state index contributed by atoms with van der Waals surface area (Å²) >= 11 is 0. The average Bonchev–Trinajstić information content (AvgIpc) is 3.21. The highest BCUT2D eigenvalue weighted by molar-refractivity contribution is 5.70. The topological polar surface area (TPSA) is 81.7 Å². The zero-order chi connectivity index (χ0) is 18.2. The predicted molar refractivity (Wildman–Crippen MR) is 85.8 cm³/mol. The van der Waals surface area contributed by atoms with Gasteiger partial charge in [0.15, 0.2) is 17.8 Å². The van der Waals surface area contributed by atoms with Crippen molar-refractivity contribution in [2.45, 2.75) is 25.2 Å². The Balaban J connectivity index is 1.49. The molecule has 0 unspecified atom stereocenters. The summed E-state index contributed by atoms with van der Waals surface area (Å²) in [5, 5.41) is 0. The average molecular weight is 370 g/mol. The van der Waals surface area contributed by atoms with Crippen molar-refractivity contribution >= 4 is 5.97 Å². The second kappa shape index (κ2) is 4.99. The van der Waals surface area contributed by atoms with Crippen LogP contribution in [0.1, 0.15) is 29.9 Å². The van der Waals surface area contributed by atoms with E-state index in [2.05, 4.69) is 0 Å². The van der Waals surface area contributed by atoms with Crippen LogP contribution >= 0.6 is 0 Å². The van der Waals surface area contributed by atoms with Crippen LogP contribution in [0.5, 0.6) is 17.2 Å². The number of hydrogen-bond acceptors (Lipinski definition) is 8. The molecule has 8 heteroatoms. The fourth-order valence-electron chi connectivity index (χ4n) is 3.74. The Morgan fingerprint density at radius 1 is 1.04 bits per heavy atom. The Hall–Kier alpha value is -2.65. The molecule has 0 saturated carbocycles. The van der Waals surface area contributed by atoms with Crippen LogP contribution in [0.2, 0.25) is 0 Å². The molecule has 0 aliphatic carbocycles. The summed E-state index contributed by atoms with van der Waals surface area (Å²) in [5.74, 6) is -0.373. The van der Waals surface area contributed by atoms with Crippen molar-refractivity contribution < 1.29 is 38.0 Å². The number of rotatable bonds is 3. The van der Waals surface area contributed by atoms with Gasteiger partial charge in [0, 0.05) is 18.1 Å². The zero-order valence-electron chi connectivity index (χ0n) is 14.2. The lowest BCUT2D eigenvalue weighted by atomic mass is 9.93. The molecule has 27 heavy (non-hydrogen) atoms. The Kier molecular flexibility index (Phi) is 2.85. The predicted octanol–water partition coefficient (Wildman–Crippen LogP) is 2.30. The van der Waals surface area contributed by atoms with E-state index >= 15 is 0 Å². The van der Waals surface area contributed by atoms with Gasteiger partial charge in [-0.25, -0.2) is 9.47 Å². The Morgan fingerprint density at radius 2 is 1.81 bits per heavy atom. The van der Waals surface area contributed by atoms with Crippen molar-refractivity contribution in [1.29, 1.82) is 0 Å². The molecule has 5 heterocycles. The Bertz CT molecular complexity index is 968. The lowest BCUT2D eigenvalue weighted by molar-refractivity contribution is -0.614. The molecule has 1 spiro atoms. The lowest BCUT2D eigenvalue weighted by Crippen LogP contribution is -2.65. The minimum atomic E-state index is -1.60. The van der Waals surface area contributed by atoms with Gasteiger partial charge in [0.05, 0.1) is 18.8 Å². The number of ether oxygens (including phenoxy) is 7. The van der Waals surface area contributed by atoms with Gasteiger partial charge in [-0.1, -0.05) is 6.07 Å². The van der Waals surface area contributed by atoms with Gasteiger partial charge in [0.2, 0.25) is 5.79 Å². The summed E-state index contributed by atoms with van der Waals surface area (Å²) in [6.45, 7) is 2.36. The SMILES string of the molecule is CC(=O)Oc1cc(C2OCCO2)ccc1C12OC3(Oc4ccc1cc4O3)O2. The summed E-state index contributed by atoms with van der Waals surface area (Å²) in [4.78, 5) is 11.7. The molecule has 0 aromatic heterocycles. The maximum atomic E-state index is 11.7. The van der Waals surface area contributed by atoms with E-state index in [0.717, 1.165) is 5.56 Å². The van der Waals surface area contributed by atoms with Crippen LogP contribution in [-0.2, 0) is 29.5 Å². The molecule has 7 rings (SSSR count). The number of esters is 1. The molecule has 2 saturated heterocycles. The second-order valence-electron chi connectivity index (χ2n) is 6.61. The number of benzene rings is 2. The summed E-state index contributed by atoms with van der Waals surface area (Å²) in [7, 11) is 0. The zero-order valence-corrected chi connectivity index (χ0v) is 14.2. The quantitative estimate of drug-likeness (QED) is 0.601. The minimum Gasteiger partial charge on any atom is -0.426 e. The van der Waals surface area contributed by atoms with Gasteiger partial charge in [-0.05, 0) is 30.3 Å². The number of carbonyl (C=O) groups is 1. The highest BCUT2D eigenvalue weighted by atomic mass is 17.1. The van der Waals surface area contributed by atoms with Gasteiger partial charge >= 0.3 is 12.1 Å². The van der Waals surface area contributed by atoms with Crippen LogP contribution in [0.4, 0.5) is 0 Å². The minimum absolute atomic E-state index is 0.292. The maximum Gasteiger partial charge on any atom is 0.516 e. The third-order valence-corrected chi connectivity index (χ3v) is 4.84. The summed E-state index contributed by atoms with van der Waals surface area (Å²) in [6.07, 6.45) is -2.10. The van der Waals surface area contributed by atoms with E-state index in [0.29, 0.717) is 41.6 Å². The highest BCUT2D eigenvalue weighted by Crippen LogP contribution is 2.61. The van der Waals surface area contributed by atoms with Crippen LogP contribution in [-0.4, -0.2) is 25.3 Å². The standard InChI is InChI=1S/C19H14O8/c1-10(20)23-15-8-11(17-21-6-7-22-17)2-4-13(15)18-12-3-5-14-16(9-12)25-19(24-14,26-18)27-18/h2-5,8-9,17H,6-7H2,1H3. The first-order chi connectivity index (χ1) is 13.1. The Labute approximate surface area is 153 Å². The molecule has 5 aliphatic rings. The van der Waals surface area contributed by atoms with Crippen LogP contribution in [0.15, 0.2) is 36.4 Å². The fraction of sp³-hybridized carbons (Fsp3) is 0.316. The molecule has 0 radical (unpaired) electrons. The molecule has 138 valence electrons. The van der Waals surface area contributed by atoms with Gasteiger partial charge < -0.3 is 23.7 Å². The van der Waals surface area contributed by atoms with Crippen LogP contribution in [0.25, 0.3) is 0 Å². The second-order valence-corrected chi connectivity index (χ2v) is 6.61. The lowest BCUT2D eigenvalue weighted by Gasteiger charge is -2.49. The van der Waals surface area contributed by atoms with Crippen molar-refractivity contribution in [3.05, 3.63) is 53.1 Å². The molecule has 2 aromatic carbocycles. The molecule has 2 aromatic rings. The Morgan fingerprint density at radius 3 is 2.59 bits per heavy atom. The van der Waals surface area contributed by atoms with Crippen molar-refractivity contribution in [2.24, 2.45) is 0 Å². The number of carbonyl (C=O) groups excluding carboxylic acids is 1. The first-order valence-corrected chi connectivity index (χ1v) is 8.56. The highest BCUT2D eigenvalue weighted by Gasteiger charge is 2.70. The van der Waals surface area contributed by atoms with Crippen molar-refractivity contribution in [3.8, 4) is 17.2 Å². The molecular weight excluding hydrogens is 356 g/mol. The molecular formula is C19H14O8. The van der Waals surface area contributed by atoms with E-state index in [4.69, 9.17) is 33.2 Å². The van der Waals surface area contributed by atoms with Crippen molar-refractivity contribution in [2.75, 3.05) is 13.2 Å². The molecule has 0 atom stereocenters. The largest absolute Gasteiger partial charge is 0.516 e. The smallest absolute Gasteiger partial charge is 0.426 e. The van der Waals surface area contributed by atoms with Gasteiger partial charge in [0.1, 0.15) is 5.75 Å². The first-order valence-electron chi connectivity index (χ1n) is 8.56. The van der Waals surface area contributed by atoms with E-state index < -0.39 is 24.2 Å². The van der Waals surface area contributed by atoms with Crippen molar-refractivity contribution in [1.82, 2.24) is 0 Å². The first kappa shape index (κ1) is 15.4. The third kappa shape index (κ3) is 2.03. The molecule has 2 fully saturated rings. The van der Waals surface area contributed by atoms with Crippen LogP contribution in [0, 0.1) is 0 Å². The molecule has 8 nitrogen and oxygen atoms in total. The number of hydrogen-bond donors (Lipinski definition) is 0. The van der Waals surface area contributed by atoms with E-state index in [9.17, 15) is 4.79 Å². The molecule has 5 aliphatic heterocycles. The molecule has 4 bridgehead atoms. The van der Waals surface area contributed by atoms with E-state index in [1.165, 1.54) is 6.92 Å². The molecule has 0 amide bonds. The van der Waals surface area contributed by atoms with Gasteiger partial charge in [0.25, 0.3) is 0 Å². The van der Waals surface area contributed by atoms with Crippen LogP contribution in [0.3, 0.4) is 0 Å². The van der Waals surface area contributed by atoms with E-state index in [-0.39, 0.29) is 0 Å². The van der Waals surface area contributed by atoms with E-state index in [1.807, 2.05) is 12.1 Å². The van der Waals surface area contributed by atoms with Gasteiger partial charge in [-0.15, -0.1) is 0 Å². The third-order valence-electron chi connectivity index (χ3n) is 4.84. The summed E-state index contributed by atoms with van der Waals surface area (Å²) in [5.41, 5.74) is 1.97. The summed E-state index contributed by atoms with van der Waals surface area (Å²) < 4.78 is 39.7.